The number of carbonyl (C=O) groups is 3. The zero-order chi connectivity index (χ0) is 9.89. The van der Waals surface area contributed by atoms with Crippen LogP contribution < -0.4 is 11.5 Å². The van der Waals surface area contributed by atoms with Crippen LogP contribution >= 0.6 is 0 Å². The maximum absolute atomic E-state index is 10.4. The van der Waals surface area contributed by atoms with Gasteiger partial charge >= 0.3 is 11.9 Å². The van der Waals surface area contributed by atoms with Crippen molar-refractivity contribution in [3.05, 3.63) is 0 Å². The normalized spacial score (nSPS) is 14.8. The molecule has 0 aliphatic heterocycles. The first-order valence-electron chi connectivity index (χ1n) is 2.88. The number of carboxylic acid groups (broad SMARTS) is 2. The Labute approximate surface area is 67.0 Å². The first-order valence-corrected chi connectivity index (χ1v) is 2.88. The van der Waals surface area contributed by atoms with Crippen LogP contribution in [0, 0.1) is 5.92 Å². The van der Waals surface area contributed by atoms with Crippen LogP contribution in [0.1, 0.15) is 0 Å². The van der Waals surface area contributed by atoms with Crippen molar-refractivity contribution >= 4 is 17.8 Å². The second kappa shape index (κ2) is 3.67. The summed E-state index contributed by atoms with van der Waals surface area (Å²) in [5.41, 5.74) is 9.49. The fraction of sp³-hybridized carbons (Fsp3) is 0.400. The summed E-state index contributed by atoms with van der Waals surface area (Å²) >= 11 is 0. The first kappa shape index (κ1) is 10.4. The van der Waals surface area contributed by atoms with Gasteiger partial charge in [-0.15, -0.1) is 0 Å². The van der Waals surface area contributed by atoms with E-state index in [2.05, 4.69) is 5.73 Å². The van der Waals surface area contributed by atoms with E-state index in [-0.39, 0.29) is 0 Å². The number of hydrogen-bond acceptors (Lipinski definition) is 4. The molecule has 0 aliphatic carbocycles. The molecule has 0 bridgehead atoms. The number of rotatable bonds is 4. The minimum absolute atomic E-state index is 1.27. The minimum Gasteiger partial charge on any atom is -0.481 e. The van der Waals surface area contributed by atoms with Gasteiger partial charge in [0.1, 0.15) is 6.04 Å². The standard InChI is InChI=1S/C5H8N2O5/c6-2(5(11)12)1(3(7)8)4(9)10/h1-2H,6H2,(H2,7,8)(H,9,10)(H,11,12). The summed E-state index contributed by atoms with van der Waals surface area (Å²) < 4.78 is 0. The highest BCUT2D eigenvalue weighted by atomic mass is 16.4. The van der Waals surface area contributed by atoms with Crippen molar-refractivity contribution in [2.75, 3.05) is 0 Å². The zero-order valence-corrected chi connectivity index (χ0v) is 5.93. The number of hydrogen-bond donors (Lipinski definition) is 4. The summed E-state index contributed by atoms with van der Waals surface area (Å²) in [5.74, 6) is -6.38. The Hall–Kier alpha value is -1.63. The largest absolute Gasteiger partial charge is 0.481 e. The van der Waals surface area contributed by atoms with E-state index in [1.807, 2.05) is 0 Å². The lowest BCUT2D eigenvalue weighted by Crippen LogP contribution is -2.48. The van der Waals surface area contributed by atoms with E-state index in [4.69, 9.17) is 15.9 Å². The molecule has 0 radical (unpaired) electrons. The van der Waals surface area contributed by atoms with Crippen molar-refractivity contribution in [1.82, 2.24) is 0 Å². The summed E-state index contributed by atoms with van der Waals surface area (Å²) in [6.45, 7) is 0. The van der Waals surface area contributed by atoms with Crippen molar-refractivity contribution in [2.24, 2.45) is 17.4 Å². The Bertz CT molecular complexity index is 212. The third kappa shape index (κ3) is 2.20. The summed E-state index contributed by atoms with van der Waals surface area (Å²) in [4.78, 5) is 30.8. The molecule has 7 nitrogen and oxygen atoms in total. The molecule has 0 spiro atoms. The number of nitrogens with two attached hydrogens (primary N) is 2. The lowest BCUT2D eigenvalue weighted by molar-refractivity contribution is -0.153. The van der Waals surface area contributed by atoms with Crippen molar-refractivity contribution in [3.63, 3.8) is 0 Å². The molecule has 0 saturated carbocycles. The summed E-state index contributed by atoms with van der Waals surface area (Å²) in [6, 6.07) is -1.81. The molecule has 0 fully saturated rings. The van der Waals surface area contributed by atoms with E-state index >= 15 is 0 Å². The highest BCUT2D eigenvalue weighted by Crippen LogP contribution is 2.01. The molecule has 0 heterocycles. The number of primary amides is 1. The molecule has 0 rings (SSSR count). The molecule has 0 aromatic heterocycles. The van der Waals surface area contributed by atoms with E-state index in [1.165, 1.54) is 0 Å². The van der Waals surface area contributed by atoms with Crippen LogP contribution in [0.4, 0.5) is 0 Å². The highest BCUT2D eigenvalue weighted by Gasteiger charge is 2.35. The highest BCUT2D eigenvalue weighted by molar-refractivity contribution is 6.01. The van der Waals surface area contributed by atoms with Crippen molar-refractivity contribution in [3.8, 4) is 0 Å². The monoisotopic (exact) mass is 176 g/mol. The third-order valence-electron chi connectivity index (χ3n) is 1.22. The SMILES string of the molecule is NC(=O)C(C(=O)O)C(N)C(=O)O. The predicted octanol–water partition coefficient (Wildman–Crippen LogP) is -2.42. The van der Waals surface area contributed by atoms with E-state index < -0.39 is 29.8 Å². The van der Waals surface area contributed by atoms with E-state index in [1.54, 1.807) is 0 Å². The van der Waals surface area contributed by atoms with Crippen LogP contribution in [0.15, 0.2) is 0 Å². The second-order valence-electron chi connectivity index (χ2n) is 2.08. The average molecular weight is 176 g/mol. The molecule has 2 atom stereocenters. The van der Waals surface area contributed by atoms with Gasteiger partial charge in [-0.05, 0) is 0 Å². The number of carbonyl (C=O) groups excluding carboxylic acids is 1. The molecule has 12 heavy (non-hydrogen) atoms. The molecular formula is C5H8N2O5. The van der Waals surface area contributed by atoms with Crippen molar-refractivity contribution in [1.29, 1.82) is 0 Å². The van der Waals surface area contributed by atoms with Gasteiger partial charge in [-0.1, -0.05) is 0 Å². The molecular weight excluding hydrogens is 168 g/mol. The maximum Gasteiger partial charge on any atom is 0.321 e. The van der Waals surface area contributed by atoms with Crippen molar-refractivity contribution < 1.29 is 24.6 Å². The summed E-state index contributed by atoms with van der Waals surface area (Å²) in [6.07, 6.45) is 0. The Morgan fingerprint density at radius 1 is 1.08 bits per heavy atom. The lowest BCUT2D eigenvalue weighted by Gasteiger charge is -2.11. The Morgan fingerprint density at radius 2 is 1.50 bits per heavy atom. The minimum atomic E-state index is -1.89. The van der Waals surface area contributed by atoms with Gasteiger partial charge in [0, 0.05) is 0 Å². The quantitative estimate of drug-likeness (QED) is 0.351. The van der Waals surface area contributed by atoms with Crippen LogP contribution in [0.3, 0.4) is 0 Å². The van der Waals surface area contributed by atoms with E-state index in [9.17, 15) is 14.4 Å². The molecule has 1 amide bonds. The molecule has 2 unspecified atom stereocenters. The van der Waals surface area contributed by atoms with Gasteiger partial charge in [-0.3, -0.25) is 14.4 Å². The molecule has 0 saturated heterocycles. The Balaban J connectivity index is 4.63. The van der Waals surface area contributed by atoms with Crippen LogP contribution in [-0.2, 0) is 14.4 Å². The van der Waals surface area contributed by atoms with E-state index in [0.29, 0.717) is 0 Å². The number of carboxylic acids is 2. The molecule has 0 aromatic carbocycles. The molecule has 0 aromatic rings. The Kier molecular flexibility index (Phi) is 3.17. The Morgan fingerprint density at radius 3 is 1.58 bits per heavy atom. The fourth-order valence-electron chi connectivity index (χ4n) is 0.595. The van der Waals surface area contributed by atoms with Gasteiger partial charge < -0.3 is 21.7 Å². The second-order valence-corrected chi connectivity index (χ2v) is 2.08. The van der Waals surface area contributed by atoms with Gasteiger partial charge in [0.05, 0.1) is 0 Å². The number of amides is 1. The van der Waals surface area contributed by atoms with Crippen LogP contribution in [0.5, 0.6) is 0 Å². The van der Waals surface area contributed by atoms with Gasteiger partial charge in [0.2, 0.25) is 5.91 Å². The topological polar surface area (TPSA) is 144 Å². The zero-order valence-electron chi connectivity index (χ0n) is 5.93. The summed E-state index contributed by atoms with van der Waals surface area (Å²) in [7, 11) is 0. The summed E-state index contributed by atoms with van der Waals surface area (Å²) in [5, 5.41) is 16.6. The average Bonchev–Trinajstić information content (AvgIpc) is 1.85. The van der Waals surface area contributed by atoms with Gasteiger partial charge in [-0.25, -0.2) is 0 Å². The van der Waals surface area contributed by atoms with Crippen molar-refractivity contribution in [2.45, 2.75) is 6.04 Å². The van der Waals surface area contributed by atoms with Gasteiger partial charge in [-0.2, -0.15) is 0 Å². The first-order chi connectivity index (χ1) is 5.37. The van der Waals surface area contributed by atoms with Crippen LogP contribution in [0.2, 0.25) is 0 Å². The number of aliphatic carboxylic acids is 2. The molecule has 68 valence electrons. The third-order valence-corrected chi connectivity index (χ3v) is 1.22. The van der Waals surface area contributed by atoms with E-state index in [0.717, 1.165) is 0 Å². The van der Waals surface area contributed by atoms with Crippen LogP contribution in [-0.4, -0.2) is 34.1 Å². The molecule has 6 N–H and O–H groups in total. The maximum atomic E-state index is 10.4. The van der Waals surface area contributed by atoms with Crippen LogP contribution in [0.25, 0.3) is 0 Å². The molecule has 7 heteroatoms. The smallest absolute Gasteiger partial charge is 0.321 e. The van der Waals surface area contributed by atoms with Gasteiger partial charge in [0.25, 0.3) is 0 Å². The lowest BCUT2D eigenvalue weighted by atomic mass is 10.0. The molecule has 0 aliphatic rings. The predicted molar refractivity (Wildman–Crippen MR) is 35.9 cm³/mol. The van der Waals surface area contributed by atoms with Gasteiger partial charge in [0.15, 0.2) is 5.92 Å². The fourth-order valence-corrected chi connectivity index (χ4v) is 0.595.